The maximum atomic E-state index is 6.25. The number of halogens is 1. The van der Waals surface area contributed by atoms with Crippen LogP contribution in [0.1, 0.15) is 12.5 Å². The van der Waals surface area contributed by atoms with Crippen molar-refractivity contribution in [3.05, 3.63) is 59.2 Å². The van der Waals surface area contributed by atoms with Crippen LogP contribution >= 0.6 is 11.6 Å². The number of aromatic nitrogens is 1. The Morgan fingerprint density at radius 3 is 2.75 bits per heavy atom. The van der Waals surface area contributed by atoms with E-state index in [0.29, 0.717) is 11.6 Å². The first-order valence-corrected chi connectivity index (χ1v) is 7.12. The Kier molecular flexibility index (Phi) is 3.64. The summed E-state index contributed by atoms with van der Waals surface area (Å²) in [6.45, 7) is 4.33. The Bertz CT molecular complexity index is 590. The van der Waals surface area contributed by atoms with Gasteiger partial charge in [-0.2, -0.15) is 0 Å². The molecule has 3 nitrogen and oxygen atoms in total. The van der Waals surface area contributed by atoms with Crippen molar-refractivity contribution in [3.63, 3.8) is 0 Å². The standard InChI is InChI=1S/C16H17ClN2O/c1-16(13-6-3-2-4-7-13)12-19(10-11-20-16)15-14(17)8-5-9-18-15/h2-9H,10-12H2,1H3. The highest BCUT2D eigenvalue weighted by molar-refractivity contribution is 6.32. The third-order valence-electron chi connectivity index (χ3n) is 3.70. The molecular weight excluding hydrogens is 272 g/mol. The van der Waals surface area contributed by atoms with Crippen LogP contribution in [0.5, 0.6) is 0 Å². The summed E-state index contributed by atoms with van der Waals surface area (Å²) in [5.41, 5.74) is 0.845. The summed E-state index contributed by atoms with van der Waals surface area (Å²) in [4.78, 5) is 6.59. The number of benzene rings is 1. The van der Waals surface area contributed by atoms with Gasteiger partial charge in [-0.15, -0.1) is 0 Å². The molecule has 1 unspecified atom stereocenters. The molecule has 1 atom stereocenters. The largest absolute Gasteiger partial charge is 0.367 e. The van der Waals surface area contributed by atoms with Crippen molar-refractivity contribution in [3.8, 4) is 0 Å². The zero-order valence-corrected chi connectivity index (χ0v) is 12.2. The van der Waals surface area contributed by atoms with Gasteiger partial charge in [0.05, 0.1) is 18.2 Å². The van der Waals surface area contributed by atoms with E-state index in [0.717, 1.165) is 18.9 Å². The van der Waals surface area contributed by atoms with E-state index in [9.17, 15) is 0 Å². The predicted octanol–water partition coefficient (Wildman–Crippen LogP) is 3.49. The number of anilines is 1. The Balaban J connectivity index is 1.89. The minimum absolute atomic E-state index is 0.333. The molecule has 1 fully saturated rings. The molecule has 0 aliphatic carbocycles. The first kappa shape index (κ1) is 13.4. The van der Waals surface area contributed by atoms with Gasteiger partial charge in [0.2, 0.25) is 0 Å². The maximum absolute atomic E-state index is 6.25. The molecule has 0 radical (unpaired) electrons. The lowest BCUT2D eigenvalue weighted by Gasteiger charge is -2.41. The van der Waals surface area contributed by atoms with Crippen molar-refractivity contribution in [1.29, 1.82) is 0 Å². The molecule has 1 aromatic carbocycles. The van der Waals surface area contributed by atoms with Crippen LogP contribution < -0.4 is 4.90 Å². The number of pyridine rings is 1. The fraction of sp³-hybridized carbons (Fsp3) is 0.312. The van der Waals surface area contributed by atoms with Crippen molar-refractivity contribution < 1.29 is 4.74 Å². The normalized spacial score (nSPS) is 22.8. The monoisotopic (exact) mass is 288 g/mol. The lowest BCUT2D eigenvalue weighted by molar-refractivity contribution is -0.0467. The van der Waals surface area contributed by atoms with Crippen molar-refractivity contribution in [1.82, 2.24) is 4.98 Å². The molecule has 0 saturated carbocycles. The summed E-state index contributed by atoms with van der Waals surface area (Å²) in [6.07, 6.45) is 1.77. The van der Waals surface area contributed by atoms with Crippen molar-refractivity contribution in [2.24, 2.45) is 0 Å². The summed E-state index contributed by atoms with van der Waals surface area (Å²) in [7, 11) is 0. The SMILES string of the molecule is CC1(c2ccccc2)CN(c2ncccc2Cl)CCO1. The second-order valence-electron chi connectivity index (χ2n) is 5.18. The summed E-state index contributed by atoms with van der Waals surface area (Å²) in [6, 6.07) is 14.0. The summed E-state index contributed by atoms with van der Waals surface area (Å²) < 4.78 is 6.03. The number of morpholine rings is 1. The van der Waals surface area contributed by atoms with E-state index in [-0.39, 0.29) is 5.60 Å². The van der Waals surface area contributed by atoms with Crippen molar-refractivity contribution in [2.45, 2.75) is 12.5 Å². The highest BCUT2D eigenvalue weighted by atomic mass is 35.5. The molecule has 20 heavy (non-hydrogen) atoms. The van der Waals surface area contributed by atoms with Crippen LogP contribution in [0.2, 0.25) is 5.02 Å². The number of ether oxygens (including phenoxy) is 1. The van der Waals surface area contributed by atoms with Gasteiger partial charge in [-0.05, 0) is 24.6 Å². The average molecular weight is 289 g/mol. The van der Waals surface area contributed by atoms with E-state index in [1.165, 1.54) is 5.56 Å². The Morgan fingerprint density at radius 1 is 1.20 bits per heavy atom. The van der Waals surface area contributed by atoms with Crippen LogP contribution in [0.15, 0.2) is 48.7 Å². The molecule has 0 N–H and O–H groups in total. The fourth-order valence-electron chi connectivity index (χ4n) is 2.63. The molecule has 1 aromatic heterocycles. The minimum Gasteiger partial charge on any atom is -0.367 e. The summed E-state index contributed by atoms with van der Waals surface area (Å²) >= 11 is 6.25. The first-order valence-electron chi connectivity index (χ1n) is 6.74. The highest BCUT2D eigenvalue weighted by Crippen LogP contribution is 2.33. The van der Waals surface area contributed by atoms with Gasteiger partial charge in [0.15, 0.2) is 0 Å². The molecule has 0 amide bonds. The van der Waals surface area contributed by atoms with Crippen LogP contribution in [-0.4, -0.2) is 24.7 Å². The lowest BCUT2D eigenvalue weighted by atomic mass is 9.94. The highest BCUT2D eigenvalue weighted by Gasteiger charge is 2.34. The Hall–Kier alpha value is -1.58. The quantitative estimate of drug-likeness (QED) is 0.846. The molecule has 2 aromatic rings. The van der Waals surface area contributed by atoms with Gasteiger partial charge in [0.25, 0.3) is 0 Å². The third-order valence-corrected chi connectivity index (χ3v) is 3.99. The topological polar surface area (TPSA) is 25.4 Å². The van der Waals surface area contributed by atoms with Gasteiger partial charge in [-0.3, -0.25) is 0 Å². The third kappa shape index (κ3) is 2.51. The van der Waals surface area contributed by atoms with Crippen LogP contribution in [0.4, 0.5) is 5.82 Å². The van der Waals surface area contributed by atoms with Gasteiger partial charge >= 0.3 is 0 Å². The molecule has 1 aliphatic heterocycles. The minimum atomic E-state index is -0.333. The van der Waals surface area contributed by atoms with Crippen LogP contribution in [0.3, 0.4) is 0 Å². The molecule has 1 aliphatic rings. The van der Waals surface area contributed by atoms with E-state index < -0.39 is 0 Å². The predicted molar refractivity (Wildman–Crippen MR) is 81.2 cm³/mol. The fourth-order valence-corrected chi connectivity index (χ4v) is 2.87. The molecule has 0 bridgehead atoms. The van der Waals surface area contributed by atoms with Crippen molar-refractivity contribution in [2.75, 3.05) is 24.6 Å². The van der Waals surface area contributed by atoms with Crippen LogP contribution in [0.25, 0.3) is 0 Å². The number of rotatable bonds is 2. The molecular formula is C16H17ClN2O. The second kappa shape index (κ2) is 5.43. The Labute approximate surface area is 124 Å². The lowest BCUT2D eigenvalue weighted by Crippen LogP contribution is -2.48. The number of nitrogens with zero attached hydrogens (tertiary/aromatic N) is 2. The summed E-state index contributed by atoms with van der Waals surface area (Å²) in [5.74, 6) is 0.833. The van der Waals surface area contributed by atoms with E-state index in [1.54, 1.807) is 6.20 Å². The molecule has 1 saturated heterocycles. The molecule has 0 spiro atoms. The molecule has 3 rings (SSSR count). The van der Waals surface area contributed by atoms with Gasteiger partial charge in [0, 0.05) is 12.7 Å². The van der Waals surface area contributed by atoms with E-state index in [1.807, 2.05) is 30.3 Å². The smallest absolute Gasteiger partial charge is 0.147 e. The summed E-state index contributed by atoms with van der Waals surface area (Å²) in [5, 5.41) is 0.685. The van der Waals surface area contributed by atoms with Gasteiger partial charge in [0.1, 0.15) is 11.4 Å². The van der Waals surface area contributed by atoms with Crippen LogP contribution in [0, 0.1) is 0 Å². The van der Waals surface area contributed by atoms with E-state index >= 15 is 0 Å². The zero-order chi connectivity index (χ0) is 14.0. The Morgan fingerprint density at radius 2 is 2.00 bits per heavy atom. The number of hydrogen-bond acceptors (Lipinski definition) is 3. The first-order chi connectivity index (χ1) is 9.69. The average Bonchev–Trinajstić information content (AvgIpc) is 2.49. The van der Waals surface area contributed by atoms with E-state index in [4.69, 9.17) is 16.3 Å². The number of hydrogen-bond donors (Lipinski definition) is 0. The van der Waals surface area contributed by atoms with Gasteiger partial charge in [-0.1, -0.05) is 41.9 Å². The van der Waals surface area contributed by atoms with Gasteiger partial charge in [-0.25, -0.2) is 4.98 Å². The molecule has 4 heteroatoms. The maximum Gasteiger partial charge on any atom is 0.147 e. The van der Waals surface area contributed by atoms with Crippen LogP contribution in [-0.2, 0) is 10.3 Å². The molecule has 2 heterocycles. The zero-order valence-electron chi connectivity index (χ0n) is 11.4. The van der Waals surface area contributed by atoms with Gasteiger partial charge < -0.3 is 9.64 Å². The molecule has 104 valence electrons. The second-order valence-corrected chi connectivity index (χ2v) is 5.58. The van der Waals surface area contributed by atoms with Crippen molar-refractivity contribution >= 4 is 17.4 Å². The van der Waals surface area contributed by atoms with E-state index in [2.05, 4.69) is 28.9 Å².